The molecule has 3 rings (SSSR count). The van der Waals surface area contributed by atoms with Gasteiger partial charge in [0, 0.05) is 0 Å². The molecule has 0 fully saturated rings. The maximum atomic E-state index is 6.11. The van der Waals surface area contributed by atoms with Gasteiger partial charge in [0.2, 0.25) is 0 Å². The summed E-state index contributed by atoms with van der Waals surface area (Å²) in [6.07, 6.45) is 1.70. The zero-order chi connectivity index (χ0) is 9.54. The molecule has 0 atom stereocenters. The van der Waals surface area contributed by atoms with E-state index in [0.717, 1.165) is 21.9 Å². The van der Waals surface area contributed by atoms with Gasteiger partial charge in [-0.25, -0.2) is 0 Å². The molecule has 0 saturated carbocycles. The van der Waals surface area contributed by atoms with Crippen molar-refractivity contribution < 1.29 is 0 Å². The molecule has 1 aromatic carbocycles. The van der Waals surface area contributed by atoms with E-state index in [1.165, 1.54) is 0 Å². The van der Waals surface area contributed by atoms with Crippen molar-refractivity contribution in [3.8, 4) is 0 Å². The second-order valence-electron chi connectivity index (χ2n) is 2.88. The number of hydrogen-bond donors (Lipinski definition) is 0. The van der Waals surface area contributed by atoms with Crippen molar-refractivity contribution in [2.45, 2.75) is 0 Å². The summed E-state index contributed by atoms with van der Waals surface area (Å²) in [5.74, 6) is 0. The molecule has 0 amide bonds. The van der Waals surface area contributed by atoms with Gasteiger partial charge in [0.25, 0.3) is 0 Å². The third-order valence-electron chi connectivity index (χ3n) is 2.08. The van der Waals surface area contributed by atoms with Crippen molar-refractivity contribution in [2.24, 2.45) is 0 Å². The molecule has 0 N–H and O–H groups in total. The quantitative estimate of drug-likeness (QED) is 0.585. The van der Waals surface area contributed by atoms with Crippen LogP contribution in [0.4, 0.5) is 0 Å². The van der Waals surface area contributed by atoms with Crippen LogP contribution < -0.4 is 0 Å². The normalized spacial score (nSPS) is 11.2. The third-order valence-corrected chi connectivity index (χ3v) is 3.53. The predicted molar refractivity (Wildman–Crippen MR) is 56.8 cm³/mol. The van der Waals surface area contributed by atoms with E-state index in [1.54, 1.807) is 12.3 Å². The van der Waals surface area contributed by atoms with E-state index in [-0.39, 0.29) is 15.0 Å². The van der Waals surface area contributed by atoms with E-state index in [4.69, 9.17) is 11.6 Å². The number of benzene rings is 1. The van der Waals surface area contributed by atoms with Crippen LogP contribution in [0.3, 0.4) is 0 Å². The second kappa shape index (κ2) is 3.02. The van der Waals surface area contributed by atoms with Crippen LogP contribution >= 0.6 is 11.6 Å². The van der Waals surface area contributed by atoms with Gasteiger partial charge >= 0.3 is 90.9 Å². The van der Waals surface area contributed by atoms with E-state index in [9.17, 15) is 0 Å². The molecule has 3 nitrogen and oxygen atoms in total. The zero-order valence-corrected chi connectivity index (χ0v) is 9.41. The Labute approximate surface area is 91.0 Å². The monoisotopic (exact) mass is 269 g/mol. The van der Waals surface area contributed by atoms with Crippen LogP contribution in [-0.4, -0.2) is 27.9 Å². The van der Waals surface area contributed by atoms with Crippen molar-refractivity contribution in [3.63, 3.8) is 0 Å². The molecule has 2 heterocycles. The van der Waals surface area contributed by atoms with Crippen molar-refractivity contribution in [3.05, 3.63) is 29.4 Å². The number of pyridine rings is 1. The number of halogens is 1. The van der Waals surface area contributed by atoms with E-state index in [2.05, 4.69) is 12.9 Å². The number of nitrogens with zero attached hydrogens (tertiary/aromatic N) is 3. The summed E-state index contributed by atoms with van der Waals surface area (Å²) in [5.41, 5.74) is 2.72. The fourth-order valence-corrected chi connectivity index (χ4v) is 2.83. The molecule has 0 radical (unpaired) electrons. The molecule has 0 aliphatic carbocycles. The zero-order valence-electron chi connectivity index (χ0n) is 6.94. The van der Waals surface area contributed by atoms with Gasteiger partial charge in [-0.15, -0.1) is 0 Å². The first-order valence-corrected chi connectivity index (χ1v) is 5.93. The van der Waals surface area contributed by atoms with E-state index in [0.29, 0.717) is 5.02 Å². The van der Waals surface area contributed by atoms with Gasteiger partial charge in [-0.05, 0) is 0 Å². The number of aromatic nitrogens is 3. The van der Waals surface area contributed by atoms with Crippen LogP contribution in [0, 0.1) is 0 Å². The maximum absolute atomic E-state index is 6.11. The SMILES string of the molecule is Clc1ccnc2ccc3n[se]nc3c12. The predicted octanol–water partition coefficient (Wildman–Crippen LogP) is 1.89. The topological polar surface area (TPSA) is 38.7 Å². The van der Waals surface area contributed by atoms with Crippen molar-refractivity contribution in [1.82, 2.24) is 12.9 Å². The molecule has 5 heteroatoms. The van der Waals surface area contributed by atoms with E-state index >= 15 is 0 Å². The molecule has 3 aromatic rings. The number of hydrogen-bond acceptors (Lipinski definition) is 3. The van der Waals surface area contributed by atoms with Crippen LogP contribution in [0.1, 0.15) is 0 Å². The van der Waals surface area contributed by atoms with Gasteiger partial charge in [0.1, 0.15) is 0 Å². The van der Waals surface area contributed by atoms with Gasteiger partial charge < -0.3 is 0 Å². The molecular formula is C9H4ClN3Se. The summed E-state index contributed by atoms with van der Waals surface area (Å²) in [6.45, 7) is 0. The van der Waals surface area contributed by atoms with Crippen molar-refractivity contribution >= 4 is 48.5 Å². The Morgan fingerprint density at radius 1 is 1.07 bits per heavy atom. The summed E-state index contributed by atoms with van der Waals surface area (Å²) >= 11 is 6.09. The molecule has 14 heavy (non-hydrogen) atoms. The molecule has 2 aromatic heterocycles. The standard InChI is InChI=1S/C9H4ClN3Se/c10-5-3-4-11-6-1-2-7-9(8(5)6)13-14-12-7/h1-4H. The summed E-state index contributed by atoms with van der Waals surface area (Å²) in [4.78, 5) is 4.24. The first kappa shape index (κ1) is 8.36. The van der Waals surface area contributed by atoms with Crippen LogP contribution in [0.25, 0.3) is 21.9 Å². The molecule has 68 valence electrons. The molecule has 0 saturated heterocycles. The van der Waals surface area contributed by atoms with Gasteiger partial charge in [-0.3, -0.25) is 0 Å². The Morgan fingerprint density at radius 3 is 2.86 bits per heavy atom. The number of rotatable bonds is 0. The molecule has 0 spiro atoms. The fraction of sp³-hybridized carbons (Fsp3) is 0. The Bertz CT molecular complexity index is 620. The third kappa shape index (κ3) is 1.08. The minimum absolute atomic E-state index is 0.0181. The Kier molecular flexibility index (Phi) is 1.80. The fourth-order valence-electron chi connectivity index (χ4n) is 1.45. The molecule has 0 bridgehead atoms. The average molecular weight is 269 g/mol. The summed E-state index contributed by atoms with van der Waals surface area (Å²) in [7, 11) is 0. The van der Waals surface area contributed by atoms with Crippen molar-refractivity contribution in [1.29, 1.82) is 0 Å². The molecular weight excluding hydrogens is 265 g/mol. The summed E-state index contributed by atoms with van der Waals surface area (Å²) in [6, 6.07) is 5.66. The molecule has 0 unspecified atom stereocenters. The van der Waals surface area contributed by atoms with Gasteiger partial charge in [0.15, 0.2) is 0 Å². The van der Waals surface area contributed by atoms with Gasteiger partial charge in [0.05, 0.1) is 0 Å². The molecule has 0 aliphatic heterocycles. The van der Waals surface area contributed by atoms with E-state index in [1.807, 2.05) is 12.1 Å². The first-order valence-electron chi connectivity index (χ1n) is 4.02. The number of fused-ring (bicyclic) bond motifs is 3. The van der Waals surface area contributed by atoms with Crippen LogP contribution in [0.5, 0.6) is 0 Å². The van der Waals surface area contributed by atoms with Crippen molar-refractivity contribution in [2.75, 3.05) is 0 Å². The Morgan fingerprint density at radius 2 is 1.93 bits per heavy atom. The Hall–Kier alpha value is -0.961. The first-order chi connectivity index (χ1) is 6.86. The van der Waals surface area contributed by atoms with Gasteiger partial charge in [-0.2, -0.15) is 0 Å². The Balaban J connectivity index is 2.67. The second-order valence-corrected chi connectivity index (χ2v) is 4.40. The minimum atomic E-state index is -0.0181. The van der Waals surface area contributed by atoms with Crippen LogP contribution in [0.2, 0.25) is 5.02 Å². The van der Waals surface area contributed by atoms with E-state index < -0.39 is 0 Å². The van der Waals surface area contributed by atoms with Crippen LogP contribution in [0.15, 0.2) is 24.4 Å². The summed E-state index contributed by atoms with van der Waals surface area (Å²) in [5, 5.41) is 1.62. The average Bonchev–Trinajstić information content (AvgIpc) is 2.65. The van der Waals surface area contributed by atoms with Gasteiger partial charge in [-0.1, -0.05) is 0 Å². The summed E-state index contributed by atoms with van der Waals surface area (Å²) < 4.78 is 8.66. The molecule has 0 aliphatic rings. The van der Waals surface area contributed by atoms with Crippen LogP contribution in [-0.2, 0) is 0 Å².